The molecule has 2 aromatic rings. The first-order valence-corrected chi connectivity index (χ1v) is 10.2. The van der Waals surface area contributed by atoms with Crippen molar-refractivity contribution in [2.75, 3.05) is 11.9 Å². The molecule has 10 heteroatoms. The minimum atomic E-state index is -0.897. The number of hydrazone groups is 1. The Kier molecular flexibility index (Phi) is 9.13. The van der Waals surface area contributed by atoms with Gasteiger partial charge in [0.1, 0.15) is 11.6 Å². The first kappa shape index (κ1) is 24.0. The molecule has 0 fully saturated rings. The molecule has 0 aliphatic carbocycles. The molecule has 2 aromatic carbocycles. The lowest BCUT2D eigenvalue weighted by Crippen LogP contribution is -2.41. The summed E-state index contributed by atoms with van der Waals surface area (Å²) >= 11 is 3.14. The maximum absolute atomic E-state index is 13.8. The molecule has 0 spiro atoms. The van der Waals surface area contributed by atoms with Gasteiger partial charge in [-0.05, 0) is 43.7 Å². The van der Waals surface area contributed by atoms with Gasteiger partial charge in [0.25, 0.3) is 5.91 Å². The largest absolute Gasteiger partial charge is 0.483 e. The molecule has 3 N–H and O–H groups in total. The van der Waals surface area contributed by atoms with Crippen molar-refractivity contribution in [3.8, 4) is 5.75 Å². The van der Waals surface area contributed by atoms with Crippen LogP contribution in [0.1, 0.15) is 25.8 Å². The topological polar surface area (TPSA) is 109 Å². The fourth-order valence-corrected chi connectivity index (χ4v) is 2.57. The van der Waals surface area contributed by atoms with Gasteiger partial charge in [0.15, 0.2) is 6.61 Å². The highest BCUT2D eigenvalue weighted by Gasteiger charge is 2.14. The van der Waals surface area contributed by atoms with E-state index in [1.807, 2.05) is 6.92 Å². The van der Waals surface area contributed by atoms with Crippen molar-refractivity contribution in [1.29, 1.82) is 0 Å². The number of carbonyl (C=O) groups is 3. The quantitative estimate of drug-likeness (QED) is 0.299. The summed E-state index contributed by atoms with van der Waals surface area (Å²) in [5, 5.41) is 8.70. The van der Waals surface area contributed by atoms with Gasteiger partial charge in [-0.15, -0.1) is 0 Å². The number of anilines is 1. The lowest BCUT2D eigenvalue weighted by molar-refractivity contribution is -0.139. The van der Waals surface area contributed by atoms with Crippen LogP contribution in [0.4, 0.5) is 10.1 Å². The maximum Gasteiger partial charge on any atom is 0.329 e. The fraction of sp³-hybridized carbons (Fsp3) is 0.238. The first-order chi connectivity index (χ1) is 14.8. The third-order valence-corrected chi connectivity index (χ3v) is 4.54. The summed E-state index contributed by atoms with van der Waals surface area (Å²) in [4.78, 5) is 35.5. The van der Waals surface area contributed by atoms with E-state index in [4.69, 9.17) is 4.74 Å². The van der Waals surface area contributed by atoms with E-state index in [0.29, 0.717) is 22.2 Å². The van der Waals surface area contributed by atoms with Crippen molar-refractivity contribution < 1.29 is 23.5 Å². The standard InChI is InChI=1S/C21H22BrFN4O4/c1-3-13(2)25-20(29)21(30)27-24-11-14-6-4-5-7-18(14)31-12-19(28)26-17-9-8-15(22)10-16(17)23/h4-11,13H,3,12H2,1-2H3,(H,25,29)(H,26,28)(H,27,30)/b24-11-/t13-/m1/s1. The number of nitrogens with one attached hydrogen (secondary N) is 3. The highest BCUT2D eigenvalue weighted by Crippen LogP contribution is 2.20. The van der Waals surface area contributed by atoms with Crippen LogP contribution in [0.3, 0.4) is 0 Å². The van der Waals surface area contributed by atoms with E-state index < -0.39 is 23.5 Å². The Morgan fingerprint density at radius 2 is 1.94 bits per heavy atom. The summed E-state index contributed by atoms with van der Waals surface area (Å²) in [7, 11) is 0. The van der Waals surface area contributed by atoms with E-state index in [1.54, 1.807) is 37.3 Å². The van der Waals surface area contributed by atoms with Crippen LogP contribution in [0, 0.1) is 5.82 Å². The van der Waals surface area contributed by atoms with Crippen LogP contribution in [-0.2, 0) is 14.4 Å². The predicted molar refractivity (Wildman–Crippen MR) is 118 cm³/mol. The second kappa shape index (κ2) is 11.8. The normalized spacial score (nSPS) is 11.6. The number of nitrogens with zero attached hydrogens (tertiary/aromatic N) is 1. The number of rotatable bonds is 8. The molecule has 8 nitrogen and oxygen atoms in total. The molecule has 0 unspecified atom stereocenters. The van der Waals surface area contributed by atoms with Crippen molar-refractivity contribution in [3.63, 3.8) is 0 Å². The zero-order valence-corrected chi connectivity index (χ0v) is 18.5. The van der Waals surface area contributed by atoms with E-state index in [2.05, 4.69) is 37.1 Å². The molecule has 2 rings (SSSR count). The third kappa shape index (κ3) is 7.82. The molecule has 0 radical (unpaired) electrons. The van der Waals surface area contributed by atoms with Gasteiger partial charge >= 0.3 is 11.8 Å². The molecule has 0 bridgehead atoms. The van der Waals surface area contributed by atoms with Gasteiger partial charge in [0.2, 0.25) is 0 Å². The zero-order valence-electron chi connectivity index (χ0n) is 16.9. The Labute approximate surface area is 187 Å². The average Bonchev–Trinajstić information content (AvgIpc) is 2.74. The van der Waals surface area contributed by atoms with Gasteiger partial charge in [0, 0.05) is 16.1 Å². The van der Waals surface area contributed by atoms with Crippen LogP contribution in [-0.4, -0.2) is 36.6 Å². The van der Waals surface area contributed by atoms with E-state index in [0.717, 1.165) is 0 Å². The summed E-state index contributed by atoms with van der Waals surface area (Å²) in [5.74, 6) is -2.50. The van der Waals surface area contributed by atoms with Gasteiger partial charge in [-0.25, -0.2) is 9.82 Å². The van der Waals surface area contributed by atoms with Crippen molar-refractivity contribution >= 4 is 45.6 Å². The lowest BCUT2D eigenvalue weighted by Gasteiger charge is -2.10. The maximum atomic E-state index is 13.8. The molecule has 0 aromatic heterocycles. The Balaban J connectivity index is 1.92. The third-order valence-electron chi connectivity index (χ3n) is 4.05. The van der Waals surface area contributed by atoms with Gasteiger partial charge in [0.05, 0.1) is 11.9 Å². The van der Waals surface area contributed by atoms with Crippen molar-refractivity contribution in [2.24, 2.45) is 5.10 Å². The van der Waals surface area contributed by atoms with E-state index in [-0.39, 0.29) is 18.3 Å². The molecule has 3 amide bonds. The Bertz CT molecular complexity index is 984. The van der Waals surface area contributed by atoms with Crippen LogP contribution in [0.2, 0.25) is 0 Å². The summed E-state index contributed by atoms with van der Waals surface area (Å²) in [6.07, 6.45) is 1.98. The van der Waals surface area contributed by atoms with E-state index in [9.17, 15) is 18.8 Å². The first-order valence-electron chi connectivity index (χ1n) is 9.40. The smallest absolute Gasteiger partial charge is 0.329 e. The summed E-state index contributed by atoms with van der Waals surface area (Å²) in [6.45, 7) is 3.29. The molecule has 0 aliphatic rings. The molecule has 0 aliphatic heterocycles. The molecule has 1 atom stereocenters. The van der Waals surface area contributed by atoms with E-state index in [1.165, 1.54) is 18.3 Å². The highest BCUT2D eigenvalue weighted by atomic mass is 79.9. The molecule has 164 valence electrons. The number of ether oxygens (including phenoxy) is 1. The Morgan fingerprint density at radius 1 is 1.19 bits per heavy atom. The van der Waals surface area contributed by atoms with Crippen LogP contribution in [0.25, 0.3) is 0 Å². The lowest BCUT2D eigenvalue weighted by atomic mass is 10.2. The molecule has 31 heavy (non-hydrogen) atoms. The fourth-order valence-electron chi connectivity index (χ4n) is 2.24. The second-order valence-corrected chi connectivity index (χ2v) is 7.40. The average molecular weight is 493 g/mol. The van der Waals surface area contributed by atoms with Gasteiger partial charge < -0.3 is 15.4 Å². The predicted octanol–water partition coefficient (Wildman–Crippen LogP) is 2.97. The van der Waals surface area contributed by atoms with Crippen molar-refractivity contribution in [2.45, 2.75) is 26.3 Å². The van der Waals surface area contributed by atoms with Crippen LogP contribution in [0.5, 0.6) is 5.75 Å². The van der Waals surface area contributed by atoms with Crippen LogP contribution < -0.4 is 20.8 Å². The summed E-state index contributed by atoms with van der Waals surface area (Å²) in [5.41, 5.74) is 2.63. The number of amides is 3. The van der Waals surface area contributed by atoms with E-state index >= 15 is 0 Å². The minimum Gasteiger partial charge on any atom is -0.483 e. The molecular weight excluding hydrogens is 471 g/mol. The number of hydrogen-bond acceptors (Lipinski definition) is 5. The van der Waals surface area contributed by atoms with Crippen LogP contribution in [0.15, 0.2) is 52.0 Å². The van der Waals surface area contributed by atoms with Gasteiger partial charge in [-0.1, -0.05) is 35.0 Å². The zero-order chi connectivity index (χ0) is 22.8. The monoisotopic (exact) mass is 492 g/mol. The molecule has 0 heterocycles. The van der Waals surface area contributed by atoms with Crippen LogP contribution >= 0.6 is 15.9 Å². The summed E-state index contributed by atoms with van der Waals surface area (Å²) < 4.78 is 19.9. The second-order valence-electron chi connectivity index (χ2n) is 6.48. The Hall–Kier alpha value is -3.27. The Morgan fingerprint density at radius 3 is 2.65 bits per heavy atom. The molecule has 0 saturated carbocycles. The number of carbonyl (C=O) groups excluding carboxylic acids is 3. The number of halogens is 2. The van der Waals surface area contributed by atoms with Crippen molar-refractivity contribution in [3.05, 3.63) is 58.3 Å². The minimum absolute atomic E-state index is 0.0324. The number of para-hydroxylation sites is 1. The van der Waals surface area contributed by atoms with Gasteiger partial charge in [-0.2, -0.15) is 5.10 Å². The van der Waals surface area contributed by atoms with Crippen molar-refractivity contribution in [1.82, 2.24) is 10.7 Å². The summed E-state index contributed by atoms with van der Waals surface area (Å²) in [6, 6.07) is 10.8. The number of benzene rings is 2. The molecular formula is C21H22BrFN4O4. The highest BCUT2D eigenvalue weighted by molar-refractivity contribution is 9.10. The number of hydrogen-bond donors (Lipinski definition) is 3. The molecule has 0 saturated heterocycles. The van der Waals surface area contributed by atoms with Gasteiger partial charge in [-0.3, -0.25) is 14.4 Å². The SMILES string of the molecule is CC[C@@H](C)NC(=O)C(=O)N/N=C\c1ccccc1OCC(=O)Nc1ccc(Br)cc1F.